The van der Waals surface area contributed by atoms with Crippen LogP contribution in [-0.4, -0.2) is 24.0 Å². The molecule has 0 heterocycles. The second-order valence-corrected chi connectivity index (χ2v) is 4.91. The normalized spacial score (nSPS) is 17.9. The highest BCUT2D eigenvalue weighted by Crippen LogP contribution is 2.31. The van der Waals surface area contributed by atoms with Gasteiger partial charge in [-0.3, -0.25) is 9.59 Å². The Balaban J connectivity index is 2.05. The zero-order valence-corrected chi connectivity index (χ0v) is 11.0. The van der Waals surface area contributed by atoms with Crippen molar-refractivity contribution in [2.24, 2.45) is 5.92 Å². The Bertz CT molecular complexity index is 493. The third kappa shape index (κ3) is 3.13. The molecule has 0 spiro atoms. The first-order valence-corrected chi connectivity index (χ1v) is 6.54. The van der Waals surface area contributed by atoms with E-state index in [0.717, 1.165) is 29.7 Å². The lowest BCUT2D eigenvalue weighted by Crippen LogP contribution is -2.22. The Hall–Kier alpha value is -1.84. The molecular formula is C15H18O4. The van der Waals surface area contributed by atoms with Crippen LogP contribution in [-0.2, 0) is 11.2 Å². The molecule has 0 aliphatic heterocycles. The van der Waals surface area contributed by atoms with E-state index in [1.54, 1.807) is 13.2 Å². The number of methoxy groups -OCH3 is 1. The first-order chi connectivity index (χ1) is 9.11. The van der Waals surface area contributed by atoms with Gasteiger partial charge in [0.05, 0.1) is 7.11 Å². The summed E-state index contributed by atoms with van der Waals surface area (Å²) in [5.74, 6) is 0.0961. The van der Waals surface area contributed by atoms with Crippen molar-refractivity contribution in [2.45, 2.75) is 32.1 Å². The molecule has 1 unspecified atom stereocenters. The fourth-order valence-corrected chi connectivity index (χ4v) is 2.60. The number of ketones is 1. The second-order valence-electron chi connectivity index (χ2n) is 4.91. The van der Waals surface area contributed by atoms with Gasteiger partial charge in [-0.2, -0.15) is 0 Å². The Morgan fingerprint density at radius 1 is 1.47 bits per heavy atom. The summed E-state index contributed by atoms with van der Waals surface area (Å²) in [6, 6.07) is 5.54. The van der Waals surface area contributed by atoms with Crippen molar-refractivity contribution in [3.05, 3.63) is 29.3 Å². The number of carboxylic acids is 1. The Morgan fingerprint density at radius 2 is 2.26 bits per heavy atom. The van der Waals surface area contributed by atoms with E-state index in [1.165, 1.54) is 0 Å². The molecule has 0 saturated heterocycles. The molecule has 1 aliphatic rings. The summed E-state index contributed by atoms with van der Waals surface area (Å²) in [5.41, 5.74) is 1.81. The summed E-state index contributed by atoms with van der Waals surface area (Å²) < 4.78 is 5.16. The molecule has 4 heteroatoms. The number of benzene rings is 1. The number of carbonyl (C=O) groups excluding carboxylic acids is 1. The van der Waals surface area contributed by atoms with E-state index in [1.807, 2.05) is 12.1 Å². The van der Waals surface area contributed by atoms with Gasteiger partial charge in [-0.1, -0.05) is 0 Å². The molecular weight excluding hydrogens is 244 g/mol. The molecule has 0 saturated carbocycles. The van der Waals surface area contributed by atoms with Crippen LogP contribution < -0.4 is 4.74 Å². The van der Waals surface area contributed by atoms with Crippen LogP contribution in [0.5, 0.6) is 5.75 Å². The van der Waals surface area contributed by atoms with Crippen LogP contribution in [0.2, 0.25) is 0 Å². The second kappa shape index (κ2) is 5.87. The van der Waals surface area contributed by atoms with Crippen LogP contribution in [0, 0.1) is 5.92 Å². The summed E-state index contributed by atoms with van der Waals surface area (Å²) in [5, 5.41) is 8.63. The zero-order valence-electron chi connectivity index (χ0n) is 11.0. The topological polar surface area (TPSA) is 63.6 Å². The van der Waals surface area contributed by atoms with E-state index < -0.39 is 5.97 Å². The number of rotatable bonds is 5. The van der Waals surface area contributed by atoms with E-state index >= 15 is 0 Å². The number of carboxylic acid groups (broad SMARTS) is 1. The lowest BCUT2D eigenvalue weighted by atomic mass is 9.80. The van der Waals surface area contributed by atoms with Crippen molar-refractivity contribution in [1.29, 1.82) is 0 Å². The molecule has 1 aliphatic carbocycles. The molecule has 4 nitrogen and oxygen atoms in total. The number of carbonyl (C=O) groups is 2. The van der Waals surface area contributed by atoms with Crippen molar-refractivity contribution in [3.63, 3.8) is 0 Å². The first kappa shape index (κ1) is 13.6. The standard InChI is InChI=1S/C15H18O4/c1-19-12-7-8-13-11(9-12)6-5-10(15(13)18)3-2-4-14(16)17/h7-10H,2-6H2,1H3,(H,16,17). The summed E-state index contributed by atoms with van der Waals surface area (Å²) in [6.07, 6.45) is 3.03. The highest BCUT2D eigenvalue weighted by atomic mass is 16.5. The van der Waals surface area contributed by atoms with Gasteiger partial charge in [0.1, 0.15) is 5.75 Å². The fourth-order valence-electron chi connectivity index (χ4n) is 2.60. The maximum Gasteiger partial charge on any atom is 0.303 e. The summed E-state index contributed by atoms with van der Waals surface area (Å²) in [6.45, 7) is 0. The van der Waals surface area contributed by atoms with Crippen molar-refractivity contribution < 1.29 is 19.4 Å². The maximum atomic E-state index is 12.3. The lowest BCUT2D eigenvalue weighted by Gasteiger charge is -2.23. The molecule has 0 bridgehead atoms. The molecule has 2 rings (SSSR count). The Kier molecular flexibility index (Phi) is 4.20. The van der Waals surface area contributed by atoms with Gasteiger partial charge in [-0.15, -0.1) is 0 Å². The molecule has 19 heavy (non-hydrogen) atoms. The van der Waals surface area contributed by atoms with Crippen molar-refractivity contribution >= 4 is 11.8 Å². The van der Waals surface area contributed by atoms with Gasteiger partial charge in [-0.25, -0.2) is 0 Å². The number of ether oxygens (including phenoxy) is 1. The summed E-state index contributed by atoms with van der Waals surface area (Å²) >= 11 is 0. The van der Waals surface area contributed by atoms with Crippen LogP contribution in [0.1, 0.15) is 41.6 Å². The number of Topliss-reactive ketones (excluding diaryl/α,β-unsaturated/α-hetero) is 1. The monoisotopic (exact) mass is 262 g/mol. The number of aryl methyl sites for hydroxylation is 1. The highest BCUT2D eigenvalue weighted by molar-refractivity contribution is 6.00. The lowest BCUT2D eigenvalue weighted by molar-refractivity contribution is -0.137. The number of aliphatic carboxylic acids is 1. The van der Waals surface area contributed by atoms with E-state index in [9.17, 15) is 9.59 Å². The molecule has 0 amide bonds. The summed E-state index contributed by atoms with van der Waals surface area (Å²) in [7, 11) is 1.61. The predicted molar refractivity (Wildman–Crippen MR) is 70.6 cm³/mol. The van der Waals surface area contributed by atoms with E-state index in [2.05, 4.69) is 0 Å². The minimum absolute atomic E-state index is 0.0276. The molecule has 0 aromatic heterocycles. The van der Waals surface area contributed by atoms with E-state index in [4.69, 9.17) is 9.84 Å². The molecule has 1 aromatic rings. The largest absolute Gasteiger partial charge is 0.497 e. The van der Waals surface area contributed by atoms with Crippen molar-refractivity contribution in [1.82, 2.24) is 0 Å². The minimum Gasteiger partial charge on any atom is -0.497 e. The van der Waals surface area contributed by atoms with Gasteiger partial charge in [0, 0.05) is 17.9 Å². The molecule has 102 valence electrons. The first-order valence-electron chi connectivity index (χ1n) is 6.54. The summed E-state index contributed by atoms with van der Waals surface area (Å²) in [4.78, 5) is 22.8. The van der Waals surface area contributed by atoms with Crippen molar-refractivity contribution in [3.8, 4) is 5.75 Å². The molecule has 1 atom stereocenters. The fraction of sp³-hybridized carbons (Fsp3) is 0.467. The van der Waals surface area contributed by atoms with Crippen LogP contribution in [0.25, 0.3) is 0 Å². The van der Waals surface area contributed by atoms with Gasteiger partial charge in [-0.05, 0) is 49.4 Å². The van der Waals surface area contributed by atoms with Gasteiger partial charge < -0.3 is 9.84 Å². The van der Waals surface area contributed by atoms with E-state index in [-0.39, 0.29) is 18.1 Å². The zero-order chi connectivity index (χ0) is 13.8. The third-order valence-electron chi connectivity index (χ3n) is 3.65. The molecule has 0 fully saturated rings. The smallest absolute Gasteiger partial charge is 0.303 e. The van der Waals surface area contributed by atoms with Gasteiger partial charge in [0.2, 0.25) is 0 Å². The Labute approximate surface area is 112 Å². The van der Waals surface area contributed by atoms with Crippen molar-refractivity contribution in [2.75, 3.05) is 7.11 Å². The Morgan fingerprint density at radius 3 is 2.95 bits per heavy atom. The highest BCUT2D eigenvalue weighted by Gasteiger charge is 2.27. The van der Waals surface area contributed by atoms with Gasteiger partial charge >= 0.3 is 5.97 Å². The maximum absolute atomic E-state index is 12.3. The average Bonchev–Trinajstić information content (AvgIpc) is 2.40. The van der Waals surface area contributed by atoms with Crippen LogP contribution in [0.3, 0.4) is 0 Å². The number of fused-ring (bicyclic) bond motifs is 1. The molecule has 0 radical (unpaired) electrons. The molecule has 1 aromatic carbocycles. The predicted octanol–water partition coefficient (Wildman–Crippen LogP) is 2.70. The van der Waals surface area contributed by atoms with E-state index in [0.29, 0.717) is 12.8 Å². The number of hydrogen-bond acceptors (Lipinski definition) is 3. The SMILES string of the molecule is COc1ccc2c(c1)CCC(CCCC(=O)O)C2=O. The van der Waals surface area contributed by atoms with Crippen LogP contribution >= 0.6 is 0 Å². The quantitative estimate of drug-likeness (QED) is 0.886. The van der Waals surface area contributed by atoms with Crippen LogP contribution in [0.15, 0.2) is 18.2 Å². The number of hydrogen-bond donors (Lipinski definition) is 1. The third-order valence-corrected chi connectivity index (χ3v) is 3.65. The van der Waals surface area contributed by atoms with Crippen LogP contribution in [0.4, 0.5) is 0 Å². The minimum atomic E-state index is -0.798. The van der Waals surface area contributed by atoms with Gasteiger partial charge in [0.25, 0.3) is 0 Å². The molecule has 1 N–H and O–H groups in total. The van der Waals surface area contributed by atoms with Gasteiger partial charge in [0.15, 0.2) is 5.78 Å². The average molecular weight is 262 g/mol.